The van der Waals surface area contributed by atoms with Crippen LogP contribution in [0.25, 0.3) is 0 Å². The van der Waals surface area contributed by atoms with Crippen LogP contribution >= 0.6 is 0 Å². The maximum atomic E-state index is 5.42. The number of hydrogen-bond donors (Lipinski definition) is 1. The number of hydrogen-bond acceptors (Lipinski definition) is 5. The van der Waals surface area contributed by atoms with Gasteiger partial charge in [0.2, 0.25) is 5.89 Å². The topological polar surface area (TPSA) is 54.2 Å². The minimum Gasteiger partial charge on any atom is -0.338 e. The van der Waals surface area contributed by atoms with Crippen molar-refractivity contribution in [2.75, 3.05) is 19.6 Å². The van der Waals surface area contributed by atoms with E-state index in [-0.39, 0.29) is 0 Å². The van der Waals surface area contributed by atoms with Crippen molar-refractivity contribution < 1.29 is 4.52 Å². The van der Waals surface area contributed by atoms with E-state index in [0.717, 1.165) is 37.9 Å². The van der Waals surface area contributed by atoms with Crippen LogP contribution in [-0.4, -0.2) is 40.7 Å². The van der Waals surface area contributed by atoms with Gasteiger partial charge in [-0.15, -0.1) is 0 Å². The first-order valence-corrected chi connectivity index (χ1v) is 7.99. The van der Waals surface area contributed by atoms with Crippen LogP contribution < -0.4 is 5.32 Å². The minimum atomic E-state index is 0.572. The Balaban J connectivity index is 1.58. The Labute approximate surface area is 121 Å². The molecule has 1 aromatic rings. The summed E-state index contributed by atoms with van der Waals surface area (Å²) >= 11 is 0. The summed E-state index contributed by atoms with van der Waals surface area (Å²) in [6, 6.07) is 0.625. The Bertz CT molecular complexity index is 421. The summed E-state index contributed by atoms with van der Waals surface area (Å²) in [5.74, 6) is 2.93. The van der Waals surface area contributed by atoms with Gasteiger partial charge in [-0.2, -0.15) is 4.98 Å². The average Bonchev–Trinajstić information content (AvgIpc) is 2.93. The lowest BCUT2D eigenvalue weighted by Crippen LogP contribution is -2.39. The van der Waals surface area contributed by atoms with Crippen LogP contribution in [0.2, 0.25) is 0 Å². The molecule has 112 valence electrons. The van der Waals surface area contributed by atoms with Crippen LogP contribution in [0.1, 0.15) is 57.2 Å². The first kappa shape index (κ1) is 14.0. The van der Waals surface area contributed by atoms with Crippen LogP contribution in [0.3, 0.4) is 0 Å². The normalized spacial score (nSPS) is 23.1. The van der Waals surface area contributed by atoms with Gasteiger partial charge in [0.25, 0.3) is 0 Å². The highest BCUT2D eigenvalue weighted by Crippen LogP contribution is 2.38. The second-order valence-corrected chi connectivity index (χ2v) is 6.70. The van der Waals surface area contributed by atoms with E-state index in [1.165, 1.54) is 25.7 Å². The third-order valence-corrected chi connectivity index (χ3v) is 4.05. The number of nitrogens with one attached hydrogen (secondary N) is 1. The molecule has 1 saturated carbocycles. The molecule has 2 fully saturated rings. The molecule has 1 aliphatic carbocycles. The van der Waals surface area contributed by atoms with Crippen molar-refractivity contribution in [3.05, 3.63) is 11.7 Å². The molecule has 0 aromatic carbocycles. The van der Waals surface area contributed by atoms with Crippen LogP contribution in [0.4, 0.5) is 0 Å². The predicted octanol–water partition coefficient (Wildman–Crippen LogP) is 2.16. The van der Waals surface area contributed by atoms with E-state index in [1.807, 2.05) is 0 Å². The van der Waals surface area contributed by atoms with Gasteiger partial charge in [-0.25, -0.2) is 0 Å². The molecule has 0 bridgehead atoms. The standard InChI is InChI=1S/C15H26N4O/c1-11(2)8-19(9-13-4-3-7-16-13)10-14-17-15(18-20-14)12-5-6-12/h11-13,16H,3-10H2,1-2H3. The predicted molar refractivity (Wildman–Crippen MR) is 77.4 cm³/mol. The van der Waals surface area contributed by atoms with Gasteiger partial charge in [-0.1, -0.05) is 19.0 Å². The second-order valence-electron chi connectivity index (χ2n) is 6.70. The lowest BCUT2D eigenvalue weighted by atomic mass is 10.1. The first-order valence-electron chi connectivity index (χ1n) is 7.99. The molecule has 3 rings (SSSR count). The van der Waals surface area contributed by atoms with E-state index in [1.54, 1.807) is 0 Å². The number of nitrogens with zero attached hydrogens (tertiary/aromatic N) is 3. The highest BCUT2D eigenvalue weighted by molar-refractivity contribution is 5.03. The van der Waals surface area contributed by atoms with Gasteiger partial charge in [0.1, 0.15) is 0 Å². The zero-order valence-electron chi connectivity index (χ0n) is 12.6. The van der Waals surface area contributed by atoms with Crippen molar-refractivity contribution in [1.29, 1.82) is 0 Å². The smallest absolute Gasteiger partial charge is 0.240 e. The molecule has 1 aromatic heterocycles. The molecule has 2 heterocycles. The number of rotatable bonds is 7. The highest BCUT2D eigenvalue weighted by atomic mass is 16.5. The van der Waals surface area contributed by atoms with Gasteiger partial charge in [-0.3, -0.25) is 4.90 Å². The van der Waals surface area contributed by atoms with E-state index in [9.17, 15) is 0 Å². The molecule has 5 nitrogen and oxygen atoms in total. The highest BCUT2D eigenvalue weighted by Gasteiger charge is 2.29. The molecule has 0 radical (unpaired) electrons. The van der Waals surface area contributed by atoms with Gasteiger partial charge in [0, 0.05) is 25.0 Å². The Hall–Kier alpha value is -0.940. The van der Waals surface area contributed by atoms with Crippen LogP contribution in [0, 0.1) is 5.92 Å². The third-order valence-electron chi connectivity index (χ3n) is 4.05. The van der Waals surface area contributed by atoms with Crippen molar-refractivity contribution >= 4 is 0 Å². The lowest BCUT2D eigenvalue weighted by molar-refractivity contribution is 0.190. The SMILES string of the molecule is CC(C)CN(Cc1nc(C2CC2)no1)CC1CCCN1. The summed E-state index contributed by atoms with van der Waals surface area (Å²) < 4.78 is 5.42. The van der Waals surface area contributed by atoms with Crippen molar-refractivity contribution in [2.24, 2.45) is 5.92 Å². The van der Waals surface area contributed by atoms with Gasteiger partial charge in [0.05, 0.1) is 6.54 Å². The summed E-state index contributed by atoms with van der Waals surface area (Å²) in [6.45, 7) is 8.64. The first-order chi connectivity index (χ1) is 9.70. The quantitative estimate of drug-likeness (QED) is 0.828. The minimum absolute atomic E-state index is 0.572. The van der Waals surface area contributed by atoms with Crippen molar-refractivity contribution in [1.82, 2.24) is 20.4 Å². The van der Waals surface area contributed by atoms with E-state index in [4.69, 9.17) is 4.52 Å². The Kier molecular flexibility index (Phi) is 4.36. The molecule has 1 aliphatic heterocycles. The van der Waals surface area contributed by atoms with E-state index in [0.29, 0.717) is 17.9 Å². The Morgan fingerprint density at radius 3 is 2.85 bits per heavy atom. The fourth-order valence-corrected chi connectivity index (χ4v) is 2.98. The molecule has 5 heteroatoms. The average molecular weight is 278 g/mol. The van der Waals surface area contributed by atoms with Crippen LogP contribution in [-0.2, 0) is 6.54 Å². The third kappa shape index (κ3) is 3.79. The molecule has 1 saturated heterocycles. The van der Waals surface area contributed by atoms with E-state index < -0.39 is 0 Å². The maximum Gasteiger partial charge on any atom is 0.240 e. The lowest BCUT2D eigenvalue weighted by Gasteiger charge is -2.25. The summed E-state index contributed by atoms with van der Waals surface area (Å²) in [4.78, 5) is 7.01. The fourth-order valence-electron chi connectivity index (χ4n) is 2.98. The summed E-state index contributed by atoms with van der Waals surface area (Å²) in [6.07, 6.45) is 5.03. The summed E-state index contributed by atoms with van der Waals surface area (Å²) in [7, 11) is 0. The second kappa shape index (κ2) is 6.22. The molecule has 0 spiro atoms. The van der Waals surface area contributed by atoms with Gasteiger partial charge < -0.3 is 9.84 Å². The van der Waals surface area contributed by atoms with Crippen molar-refractivity contribution in [3.8, 4) is 0 Å². The van der Waals surface area contributed by atoms with E-state index >= 15 is 0 Å². The Morgan fingerprint density at radius 1 is 1.35 bits per heavy atom. The molecule has 1 N–H and O–H groups in total. The summed E-state index contributed by atoms with van der Waals surface area (Å²) in [5, 5.41) is 7.69. The Morgan fingerprint density at radius 2 is 2.20 bits per heavy atom. The molecule has 1 atom stereocenters. The molecular weight excluding hydrogens is 252 g/mol. The van der Waals surface area contributed by atoms with E-state index in [2.05, 4.69) is 34.2 Å². The number of aromatic nitrogens is 2. The van der Waals surface area contributed by atoms with Gasteiger partial charge in [-0.05, 0) is 38.1 Å². The van der Waals surface area contributed by atoms with Crippen molar-refractivity contribution in [2.45, 2.75) is 58.0 Å². The van der Waals surface area contributed by atoms with Gasteiger partial charge >= 0.3 is 0 Å². The van der Waals surface area contributed by atoms with Crippen LogP contribution in [0.5, 0.6) is 0 Å². The molecule has 1 unspecified atom stereocenters. The zero-order valence-corrected chi connectivity index (χ0v) is 12.6. The monoisotopic (exact) mass is 278 g/mol. The fraction of sp³-hybridized carbons (Fsp3) is 0.867. The van der Waals surface area contributed by atoms with Gasteiger partial charge in [0.15, 0.2) is 5.82 Å². The molecule has 0 amide bonds. The zero-order chi connectivity index (χ0) is 13.9. The molecule has 20 heavy (non-hydrogen) atoms. The van der Waals surface area contributed by atoms with Crippen LogP contribution in [0.15, 0.2) is 4.52 Å². The molecule has 2 aliphatic rings. The maximum absolute atomic E-state index is 5.42. The largest absolute Gasteiger partial charge is 0.338 e. The molecular formula is C15H26N4O. The summed E-state index contributed by atoms with van der Waals surface area (Å²) in [5.41, 5.74) is 0. The van der Waals surface area contributed by atoms with Crippen molar-refractivity contribution in [3.63, 3.8) is 0 Å².